The number of amides is 2. The number of carbonyl (C=O) groups is 2. The minimum absolute atomic E-state index is 0.0366. The molecule has 2 aromatic rings. The quantitative estimate of drug-likeness (QED) is 0.706. The zero-order valence-corrected chi connectivity index (χ0v) is 17.8. The van der Waals surface area contributed by atoms with Crippen LogP contribution in [0.1, 0.15) is 46.4 Å². The second-order valence-corrected chi connectivity index (χ2v) is 8.54. The fourth-order valence-corrected chi connectivity index (χ4v) is 4.32. The fourth-order valence-electron chi connectivity index (χ4n) is 4.20. The minimum atomic E-state index is 0.0366. The van der Waals surface area contributed by atoms with Gasteiger partial charge in [0.25, 0.3) is 11.8 Å². The maximum absolute atomic E-state index is 12.8. The number of hydrogen-bond acceptors (Lipinski definition) is 3. The van der Waals surface area contributed by atoms with E-state index < -0.39 is 0 Å². The monoisotopic (exact) mass is 426 g/mol. The summed E-state index contributed by atoms with van der Waals surface area (Å²) in [6, 6.07) is 14.5. The molecule has 0 spiro atoms. The summed E-state index contributed by atoms with van der Waals surface area (Å²) in [5.41, 5.74) is 1.34. The van der Waals surface area contributed by atoms with Gasteiger partial charge in [0.2, 0.25) is 0 Å². The average molecular weight is 427 g/mol. The predicted octanol–water partition coefficient (Wildman–Crippen LogP) is 4.51. The molecule has 6 heteroatoms. The van der Waals surface area contributed by atoms with Crippen LogP contribution in [0.4, 0.5) is 0 Å². The Balaban J connectivity index is 1.33. The molecule has 2 aliphatic heterocycles. The van der Waals surface area contributed by atoms with Gasteiger partial charge >= 0.3 is 0 Å². The first-order valence-electron chi connectivity index (χ1n) is 10.7. The van der Waals surface area contributed by atoms with Crippen molar-refractivity contribution in [2.75, 3.05) is 32.8 Å². The third kappa shape index (κ3) is 4.96. The van der Waals surface area contributed by atoms with Gasteiger partial charge in [0.15, 0.2) is 0 Å². The molecule has 0 aromatic heterocycles. The summed E-state index contributed by atoms with van der Waals surface area (Å²) in [5, 5.41) is 0.627. The highest BCUT2D eigenvalue weighted by Crippen LogP contribution is 2.22. The minimum Gasteiger partial charge on any atom is -0.493 e. The molecule has 158 valence electrons. The van der Waals surface area contributed by atoms with E-state index in [0.717, 1.165) is 45.3 Å². The second kappa shape index (κ2) is 9.52. The van der Waals surface area contributed by atoms with E-state index in [2.05, 4.69) is 0 Å². The van der Waals surface area contributed by atoms with Crippen molar-refractivity contribution in [3.63, 3.8) is 0 Å². The number of rotatable bonds is 5. The van der Waals surface area contributed by atoms with Gasteiger partial charge in [0.05, 0.1) is 6.61 Å². The maximum atomic E-state index is 12.8. The Bertz CT molecular complexity index is 894. The van der Waals surface area contributed by atoms with Gasteiger partial charge in [-0.2, -0.15) is 0 Å². The average Bonchev–Trinajstić information content (AvgIpc) is 3.33. The lowest BCUT2D eigenvalue weighted by molar-refractivity contribution is 0.0632. The van der Waals surface area contributed by atoms with E-state index in [1.807, 2.05) is 34.1 Å². The summed E-state index contributed by atoms with van der Waals surface area (Å²) >= 11 is 5.93. The first kappa shape index (κ1) is 20.7. The molecule has 0 bridgehead atoms. The van der Waals surface area contributed by atoms with Gasteiger partial charge in [-0.3, -0.25) is 9.59 Å². The van der Waals surface area contributed by atoms with Gasteiger partial charge < -0.3 is 14.5 Å². The molecule has 0 N–H and O–H groups in total. The molecule has 4 rings (SSSR count). The Kier molecular flexibility index (Phi) is 6.58. The van der Waals surface area contributed by atoms with Crippen LogP contribution >= 0.6 is 11.6 Å². The Morgan fingerprint density at radius 1 is 0.900 bits per heavy atom. The van der Waals surface area contributed by atoms with Crippen molar-refractivity contribution in [3.8, 4) is 5.75 Å². The van der Waals surface area contributed by atoms with Crippen molar-refractivity contribution in [2.24, 2.45) is 5.92 Å². The topological polar surface area (TPSA) is 49.9 Å². The van der Waals surface area contributed by atoms with E-state index in [1.54, 1.807) is 24.3 Å². The number of nitrogens with zero attached hydrogens (tertiary/aromatic N) is 2. The Hall–Kier alpha value is -2.53. The molecule has 5 nitrogen and oxygen atoms in total. The number of carbonyl (C=O) groups excluding carboxylic acids is 2. The normalized spacial score (nSPS) is 19.0. The first-order chi connectivity index (χ1) is 14.6. The second-order valence-electron chi connectivity index (χ2n) is 8.10. The van der Waals surface area contributed by atoms with E-state index in [4.69, 9.17) is 16.3 Å². The van der Waals surface area contributed by atoms with Crippen molar-refractivity contribution in [3.05, 3.63) is 64.7 Å². The van der Waals surface area contributed by atoms with Crippen LogP contribution in [0.3, 0.4) is 0 Å². The number of piperidine rings is 1. The predicted molar refractivity (Wildman–Crippen MR) is 117 cm³/mol. The Morgan fingerprint density at radius 2 is 1.60 bits per heavy atom. The molecule has 30 heavy (non-hydrogen) atoms. The molecule has 0 unspecified atom stereocenters. The van der Waals surface area contributed by atoms with E-state index in [-0.39, 0.29) is 17.7 Å². The molecule has 2 aliphatic rings. The fraction of sp³-hybridized carbons (Fsp3) is 0.417. The maximum Gasteiger partial charge on any atom is 0.253 e. The third-order valence-electron chi connectivity index (χ3n) is 5.86. The van der Waals surface area contributed by atoms with Crippen molar-refractivity contribution >= 4 is 23.4 Å². The Morgan fingerprint density at radius 3 is 2.37 bits per heavy atom. The van der Waals surface area contributed by atoms with E-state index in [9.17, 15) is 9.59 Å². The van der Waals surface area contributed by atoms with Crippen LogP contribution in [0.25, 0.3) is 0 Å². The van der Waals surface area contributed by atoms with E-state index in [0.29, 0.717) is 35.1 Å². The number of benzene rings is 2. The molecular formula is C24H27ClN2O3. The summed E-state index contributed by atoms with van der Waals surface area (Å²) in [4.78, 5) is 29.2. The van der Waals surface area contributed by atoms with Crippen molar-refractivity contribution in [2.45, 2.75) is 25.7 Å². The first-order valence-corrected chi connectivity index (χ1v) is 11.0. The summed E-state index contributed by atoms with van der Waals surface area (Å²) in [6.07, 6.45) is 4.14. The van der Waals surface area contributed by atoms with Crippen LogP contribution in [0.5, 0.6) is 5.75 Å². The zero-order valence-electron chi connectivity index (χ0n) is 17.1. The molecule has 1 atom stereocenters. The number of likely N-dealkylation sites (tertiary alicyclic amines) is 2. The summed E-state index contributed by atoms with van der Waals surface area (Å²) in [7, 11) is 0. The molecule has 2 aromatic carbocycles. The van der Waals surface area contributed by atoms with Gasteiger partial charge in [-0.05, 0) is 68.1 Å². The van der Waals surface area contributed by atoms with E-state index >= 15 is 0 Å². The molecular weight excluding hydrogens is 400 g/mol. The summed E-state index contributed by atoms with van der Waals surface area (Å²) in [5.74, 6) is 1.10. The van der Waals surface area contributed by atoms with Gasteiger partial charge in [-0.1, -0.05) is 17.7 Å². The molecule has 2 amide bonds. The van der Waals surface area contributed by atoms with Gasteiger partial charge in [0.1, 0.15) is 5.75 Å². The zero-order chi connectivity index (χ0) is 20.9. The molecule has 2 saturated heterocycles. The SMILES string of the molecule is O=C(c1cccc(OC[C@@H]2CCCN(C(=O)c3ccc(Cl)cc3)C2)c1)N1CCCC1. The molecule has 0 radical (unpaired) electrons. The standard InChI is InChI=1S/C24H27ClN2O3/c25-21-10-8-19(9-11-21)23(28)27-14-4-5-18(16-27)17-30-22-7-3-6-20(15-22)24(29)26-12-1-2-13-26/h3,6-11,15,18H,1-2,4-5,12-14,16-17H2/t18-/m1/s1. The number of halogens is 1. The van der Waals surface area contributed by atoms with Crippen LogP contribution in [-0.4, -0.2) is 54.4 Å². The lowest BCUT2D eigenvalue weighted by Crippen LogP contribution is -2.41. The van der Waals surface area contributed by atoms with Gasteiger partial charge in [-0.15, -0.1) is 0 Å². The number of ether oxygens (including phenoxy) is 1. The van der Waals surface area contributed by atoms with Crippen LogP contribution in [0, 0.1) is 5.92 Å². The highest BCUT2D eigenvalue weighted by Gasteiger charge is 2.25. The molecule has 0 aliphatic carbocycles. The third-order valence-corrected chi connectivity index (χ3v) is 6.11. The van der Waals surface area contributed by atoms with Gasteiger partial charge in [0, 0.05) is 48.2 Å². The van der Waals surface area contributed by atoms with E-state index in [1.165, 1.54) is 0 Å². The van der Waals surface area contributed by atoms with Crippen LogP contribution in [0.15, 0.2) is 48.5 Å². The molecule has 2 fully saturated rings. The summed E-state index contributed by atoms with van der Waals surface area (Å²) in [6.45, 7) is 3.64. The van der Waals surface area contributed by atoms with Crippen molar-refractivity contribution in [1.29, 1.82) is 0 Å². The molecule has 0 saturated carbocycles. The lowest BCUT2D eigenvalue weighted by Gasteiger charge is -2.32. The van der Waals surface area contributed by atoms with Crippen LogP contribution < -0.4 is 4.74 Å². The smallest absolute Gasteiger partial charge is 0.253 e. The Labute approximate surface area is 182 Å². The lowest BCUT2D eigenvalue weighted by atomic mass is 9.98. The number of hydrogen-bond donors (Lipinski definition) is 0. The molecule has 2 heterocycles. The highest BCUT2D eigenvalue weighted by molar-refractivity contribution is 6.30. The van der Waals surface area contributed by atoms with Crippen LogP contribution in [0.2, 0.25) is 5.02 Å². The van der Waals surface area contributed by atoms with Gasteiger partial charge in [-0.25, -0.2) is 0 Å². The van der Waals surface area contributed by atoms with Crippen molar-refractivity contribution < 1.29 is 14.3 Å². The highest BCUT2D eigenvalue weighted by atomic mass is 35.5. The summed E-state index contributed by atoms with van der Waals surface area (Å²) < 4.78 is 6.02. The van der Waals surface area contributed by atoms with Crippen LogP contribution in [-0.2, 0) is 0 Å². The largest absolute Gasteiger partial charge is 0.493 e. The van der Waals surface area contributed by atoms with Crippen molar-refractivity contribution in [1.82, 2.24) is 9.80 Å².